The summed E-state index contributed by atoms with van der Waals surface area (Å²) < 4.78 is 0. The zero-order valence-corrected chi connectivity index (χ0v) is 7.23. The van der Waals surface area contributed by atoms with Gasteiger partial charge in [-0.2, -0.15) is 0 Å². The average molecular weight is 168 g/mol. The minimum absolute atomic E-state index is 0.603. The number of nitrogens with zero attached hydrogens (tertiary/aromatic N) is 1. The fourth-order valence-corrected chi connectivity index (χ4v) is 2.66. The molecule has 0 saturated heterocycles. The summed E-state index contributed by atoms with van der Waals surface area (Å²) in [6.45, 7) is 0.787. The van der Waals surface area contributed by atoms with Gasteiger partial charge in [0.1, 0.15) is 0 Å². The molecular weight excluding hydrogens is 156 g/mol. The summed E-state index contributed by atoms with van der Waals surface area (Å²) in [4.78, 5) is 5.76. The van der Waals surface area contributed by atoms with Gasteiger partial charge in [-0.25, -0.2) is 4.98 Å². The van der Waals surface area contributed by atoms with Crippen LogP contribution in [0.2, 0.25) is 0 Å². The zero-order valence-electron chi connectivity index (χ0n) is 6.42. The predicted octanol–water partition coefficient (Wildman–Crippen LogP) is 1.52. The maximum absolute atomic E-state index is 5.66. The summed E-state index contributed by atoms with van der Waals surface area (Å²) in [7, 11) is 0. The number of thiazole rings is 1. The molecule has 1 aromatic heterocycles. The fourth-order valence-electron chi connectivity index (χ4n) is 1.67. The molecule has 60 valence electrons. The Kier molecular flexibility index (Phi) is 1.92. The monoisotopic (exact) mass is 168 g/mol. The van der Waals surface area contributed by atoms with Gasteiger partial charge in [-0.05, 0) is 19.3 Å². The molecule has 11 heavy (non-hydrogen) atoms. The van der Waals surface area contributed by atoms with E-state index in [-0.39, 0.29) is 0 Å². The van der Waals surface area contributed by atoms with Gasteiger partial charge < -0.3 is 5.73 Å². The van der Waals surface area contributed by atoms with Crippen LogP contribution in [0.15, 0.2) is 5.51 Å². The SMILES string of the molecule is NCC1CCCc2ncsc21. The summed E-state index contributed by atoms with van der Waals surface area (Å²) in [5.74, 6) is 0.603. The van der Waals surface area contributed by atoms with Crippen LogP contribution in [0.5, 0.6) is 0 Å². The molecule has 0 bridgehead atoms. The number of hydrogen-bond donors (Lipinski definition) is 1. The molecule has 0 spiro atoms. The van der Waals surface area contributed by atoms with Crippen LogP contribution in [0.1, 0.15) is 29.3 Å². The molecule has 2 rings (SSSR count). The molecule has 1 aliphatic carbocycles. The Morgan fingerprint density at radius 3 is 3.45 bits per heavy atom. The van der Waals surface area contributed by atoms with Crippen LogP contribution < -0.4 is 5.73 Å². The van der Waals surface area contributed by atoms with Crippen molar-refractivity contribution in [1.82, 2.24) is 4.98 Å². The lowest BCUT2D eigenvalue weighted by atomic mass is 9.92. The number of aryl methyl sites for hydroxylation is 1. The number of rotatable bonds is 1. The summed E-state index contributed by atoms with van der Waals surface area (Å²) in [5.41, 5.74) is 8.90. The molecule has 0 radical (unpaired) electrons. The second-order valence-corrected chi connectivity index (χ2v) is 3.87. The molecule has 1 atom stereocenters. The van der Waals surface area contributed by atoms with Gasteiger partial charge in [-0.3, -0.25) is 0 Å². The van der Waals surface area contributed by atoms with Crippen molar-refractivity contribution in [1.29, 1.82) is 0 Å². The first-order valence-electron chi connectivity index (χ1n) is 4.04. The lowest BCUT2D eigenvalue weighted by Crippen LogP contribution is -2.16. The van der Waals surface area contributed by atoms with Crippen molar-refractivity contribution < 1.29 is 0 Å². The smallest absolute Gasteiger partial charge is 0.0797 e. The average Bonchev–Trinajstić information content (AvgIpc) is 2.50. The maximum atomic E-state index is 5.66. The highest BCUT2D eigenvalue weighted by Gasteiger charge is 2.20. The topological polar surface area (TPSA) is 38.9 Å². The van der Waals surface area contributed by atoms with Gasteiger partial charge in [0.05, 0.1) is 11.2 Å². The van der Waals surface area contributed by atoms with Crippen LogP contribution in [0.4, 0.5) is 0 Å². The van der Waals surface area contributed by atoms with Crippen molar-refractivity contribution in [2.24, 2.45) is 5.73 Å². The standard InChI is InChI=1S/C8H12N2S/c9-4-6-2-1-3-7-8(6)11-5-10-7/h5-6H,1-4,9H2. The molecule has 1 aromatic rings. The second kappa shape index (κ2) is 2.91. The van der Waals surface area contributed by atoms with Crippen LogP contribution in [0, 0.1) is 0 Å². The summed E-state index contributed by atoms with van der Waals surface area (Å²) in [6.07, 6.45) is 3.68. The molecule has 3 heteroatoms. The van der Waals surface area contributed by atoms with Crippen molar-refractivity contribution in [3.8, 4) is 0 Å². The highest BCUT2D eigenvalue weighted by Crippen LogP contribution is 2.32. The third-order valence-electron chi connectivity index (χ3n) is 2.29. The van der Waals surface area contributed by atoms with Crippen molar-refractivity contribution in [2.45, 2.75) is 25.2 Å². The van der Waals surface area contributed by atoms with Gasteiger partial charge in [-0.15, -0.1) is 11.3 Å². The molecule has 0 aromatic carbocycles. The quantitative estimate of drug-likeness (QED) is 0.690. The van der Waals surface area contributed by atoms with Crippen LogP contribution in [-0.2, 0) is 6.42 Å². The van der Waals surface area contributed by atoms with Gasteiger partial charge in [0.15, 0.2) is 0 Å². The lowest BCUT2D eigenvalue weighted by molar-refractivity contribution is 0.564. The normalized spacial score (nSPS) is 23.2. The molecule has 2 nitrogen and oxygen atoms in total. The second-order valence-electron chi connectivity index (χ2n) is 2.99. The highest BCUT2D eigenvalue weighted by molar-refractivity contribution is 7.09. The van der Waals surface area contributed by atoms with Crippen LogP contribution in [0.3, 0.4) is 0 Å². The number of nitrogens with two attached hydrogens (primary N) is 1. The molecule has 0 saturated carbocycles. The minimum Gasteiger partial charge on any atom is -0.330 e. The largest absolute Gasteiger partial charge is 0.330 e. The lowest BCUT2D eigenvalue weighted by Gasteiger charge is -2.18. The van der Waals surface area contributed by atoms with E-state index in [4.69, 9.17) is 5.73 Å². The first-order chi connectivity index (χ1) is 5.42. The molecule has 0 amide bonds. The number of hydrogen-bond acceptors (Lipinski definition) is 3. The first-order valence-corrected chi connectivity index (χ1v) is 4.92. The van der Waals surface area contributed by atoms with E-state index in [2.05, 4.69) is 4.98 Å². The molecule has 0 fully saturated rings. The number of aromatic nitrogens is 1. The van der Waals surface area contributed by atoms with Crippen molar-refractivity contribution >= 4 is 11.3 Å². The van der Waals surface area contributed by atoms with Gasteiger partial charge in [0.25, 0.3) is 0 Å². The van der Waals surface area contributed by atoms with Gasteiger partial charge >= 0.3 is 0 Å². The minimum atomic E-state index is 0.603. The predicted molar refractivity (Wildman–Crippen MR) is 46.8 cm³/mol. The Bertz CT molecular complexity index is 244. The number of fused-ring (bicyclic) bond motifs is 1. The van der Waals surface area contributed by atoms with Crippen molar-refractivity contribution in [3.63, 3.8) is 0 Å². The Balaban J connectivity index is 2.32. The molecule has 1 aliphatic rings. The Morgan fingerprint density at radius 1 is 1.73 bits per heavy atom. The third kappa shape index (κ3) is 1.19. The van der Waals surface area contributed by atoms with E-state index >= 15 is 0 Å². The van der Waals surface area contributed by atoms with Crippen molar-refractivity contribution in [2.75, 3.05) is 6.54 Å². The van der Waals surface area contributed by atoms with Crippen molar-refractivity contribution in [3.05, 3.63) is 16.1 Å². The fraction of sp³-hybridized carbons (Fsp3) is 0.625. The Morgan fingerprint density at radius 2 is 2.64 bits per heavy atom. The summed E-state index contributed by atoms with van der Waals surface area (Å²) in [5, 5.41) is 0. The van der Waals surface area contributed by atoms with E-state index in [1.54, 1.807) is 11.3 Å². The van der Waals surface area contributed by atoms with Gasteiger partial charge in [-0.1, -0.05) is 0 Å². The molecule has 0 aliphatic heterocycles. The highest BCUT2D eigenvalue weighted by atomic mass is 32.1. The van der Waals surface area contributed by atoms with E-state index in [1.807, 2.05) is 5.51 Å². The van der Waals surface area contributed by atoms with E-state index in [0.29, 0.717) is 5.92 Å². The maximum Gasteiger partial charge on any atom is 0.0797 e. The van der Waals surface area contributed by atoms with E-state index < -0.39 is 0 Å². The van der Waals surface area contributed by atoms with Crippen LogP contribution in [-0.4, -0.2) is 11.5 Å². The van der Waals surface area contributed by atoms with Crippen LogP contribution >= 0.6 is 11.3 Å². The van der Waals surface area contributed by atoms with E-state index in [9.17, 15) is 0 Å². The van der Waals surface area contributed by atoms with Gasteiger partial charge in [0, 0.05) is 17.3 Å². The summed E-state index contributed by atoms with van der Waals surface area (Å²) in [6, 6.07) is 0. The Hall–Kier alpha value is -0.410. The van der Waals surface area contributed by atoms with Crippen LogP contribution in [0.25, 0.3) is 0 Å². The molecular formula is C8H12N2S. The summed E-state index contributed by atoms with van der Waals surface area (Å²) >= 11 is 1.77. The first kappa shape index (κ1) is 7.25. The van der Waals surface area contributed by atoms with Gasteiger partial charge in [0.2, 0.25) is 0 Å². The van der Waals surface area contributed by atoms with E-state index in [0.717, 1.165) is 13.0 Å². The molecule has 2 N–H and O–H groups in total. The van der Waals surface area contributed by atoms with E-state index in [1.165, 1.54) is 23.4 Å². The molecule has 1 heterocycles. The Labute approximate surface area is 70.5 Å². The zero-order chi connectivity index (χ0) is 7.68. The third-order valence-corrected chi connectivity index (χ3v) is 3.33. The molecule has 1 unspecified atom stereocenters.